The van der Waals surface area contributed by atoms with Gasteiger partial charge in [-0.3, -0.25) is 10.4 Å². The molecule has 0 aliphatic rings. The molecule has 0 radical (unpaired) electrons. The minimum absolute atomic E-state index is 0.311. The van der Waals surface area contributed by atoms with Gasteiger partial charge in [0.05, 0.1) is 0 Å². The second-order valence-corrected chi connectivity index (χ2v) is 8.54. The van der Waals surface area contributed by atoms with Crippen molar-refractivity contribution in [3.05, 3.63) is 24.4 Å². The van der Waals surface area contributed by atoms with Crippen molar-refractivity contribution in [3.63, 3.8) is 0 Å². The second kappa shape index (κ2) is 17.3. The lowest BCUT2D eigenvalue weighted by Gasteiger charge is -2.08. The number of carbonyl (C=O) groups excluding carboxylic acids is 1. The summed E-state index contributed by atoms with van der Waals surface area (Å²) in [6, 6.07) is 5.24. The maximum absolute atomic E-state index is 11.8. The van der Waals surface area contributed by atoms with Crippen LogP contribution in [0.3, 0.4) is 0 Å². The van der Waals surface area contributed by atoms with Crippen molar-refractivity contribution in [2.24, 2.45) is 0 Å². The Morgan fingerprint density at radius 1 is 0.969 bits per heavy atom. The van der Waals surface area contributed by atoms with E-state index in [0.29, 0.717) is 29.8 Å². The van der Waals surface area contributed by atoms with Crippen LogP contribution in [0.2, 0.25) is 0 Å². The molecule has 32 heavy (non-hydrogen) atoms. The summed E-state index contributed by atoms with van der Waals surface area (Å²) >= 11 is 1.16. The van der Waals surface area contributed by atoms with E-state index in [1.807, 2.05) is 18.2 Å². The van der Waals surface area contributed by atoms with Gasteiger partial charge in [0.2, 0.25) is 5.13 Å². The summed E-state index contributed by atoms with van der Waals surface area (Å²) in [5, 5.41) is 3.29. The van der Waals surface area contributed by atoms with Crippen LogP contribution in [-0.2, 0) is 4.74 Å². The van der Waals surface area contributed by atoms with Gasteiger partial charge in [-0.2, -0.15) is 9.36 Å². The van der Waals surface area contributed by atoms with Crippen LogP contribution in [0.5, 0.6) is 0 Å². The van der Waals surface area contributed by atoms with Crippen LogP contribution < -0.4 is 16.2 Å². The van der Waals surface area contributed by atoms with E-state index in [0.717, 1.165) is 31.0 Å². The summed E-state index contributed by atoms with van der Waals surface area (Å²) < 4.78 is 9.88. The van der Waals surface area contributed by atoms with Crippen molar-refractivity contribution in [3.8, 4) is 11.5 Å². The van der Waals surface area contributed by atoms with Gasteiger partial charge < -0.3 is 10.1 Å². The maximum atomic E-state index is 11.8. The van der Waals surface area contributed by atoms with Gasteiger partial charge in [-0.15, -0.1) is 0 Å². The highest BCUT2D eigenvalue weighted by Crippen LogP contribution is 2.18. The number of amides is 2. The minimum atomic E-state index is -0.311. The molecule has 2 heterocycles. The van der Waals surface area contributed by atoms with Crippen molar-refractivity contribution in [2.45, 2.75) is 77.6 Å². The summed E-state index contributed by atoms with van der Waals surface area (Å²) in [7, 11) is 0. The molecule has 0 saturated carbocycles. The topological polar surface area (TPSA) is 101 Å². The number of carbonyl (C=O) groups is 1. The number of hydrogen-bond acceptors (Lipinski definition) is 7. The average molecular weight is 463 g/mol. The SMILES string of the molecule is CCCCCCCCCCCCOCCCNC(=O)NNc1nc(-c2ccccn2)ns1. The molecule has 0 aliphatic heterocycles. The van der Waals surface area contributed by atoms with Crippen LogP contribution in [0.1, 0.15) is 77.6 Å². The largest absolute Gasteiger partial charge is 0.381 e. The van der Waals surface area contributed by atoms with Crippen molar-refractivity contribution in [1.82, 2.24) is 25.1 Å². The molecule has 2 rings (SSSR count). The number of unbranched alkanes of at least 4 members (excludes halogenated alkanes) is 9. The first-order valence-corrected chi connectivity index (χ1v) is 12.7. The van der Waals surface area contributed by atoms with E-state index in [1.165, 1.54) is 57.8 Å². The van der Waals surface area contributed by atoms with E-state index in [4.69, 9.17) is 4.74 Å². The number of hydrogen-bond donors (Lipinski definition) is 3. The first kappa shape index (κ1) is 26.0. The molecule has 178 valence electrons. The van der Waals surface area contributed by atoms with Crippen LogP contribution >= 0.6 is 11.5 Å². The lowest BCUT2D eigenvalue weighted by molar-refractivity contribution is 0.127. The number of urea groups is 1. The molecule has 0 fully saturated rings. The van der Waals surface area contributed by atoms with Crippen molar-refractivity contribution < 1.29 is 9.53 Å². The smallest absolute Gasteiger partial charge is 0.333 e. The quantitative estimate of drug-likeness (QED) is 0.198. The predicted octanol–water partition coefficient (Wildman–Crippen LogP) is 5.55. The van der Waals surface area contributed by atoms with E-state index in [2.05, 4.69) is 37.4 Å². The molecule has 8 nitrogen and oxygen atoms in total. The number of ether oxygens (including phenoxy) is 1. The Morgan fingerprint density at radius 2 is 1.69 bits per heavy atom. The molecule has 0 aromatic carbocycles. The lowest BCUT2D eigenvalue weighted by Crippen LogP contribution is -2.39. The zero-order valence-electron chi connectivity index (χ0n) is 19.3. The third-order valence-electron chi connectivity index (χ3n) is 5.00. The zero-order chi connectivity index (χ0) is 22.7. The first-order valence-electron chi connectivity index (χ1n) is 11.9. The molecule has 2 aromatic rings. The fourth-order valence-electron chi connectivity index (χ4n) is 3.20. The predicted molar refractivity (Wildman–Crippen MR) is 131 cm³/mol. The van der Waals surface area contributed by atoms with Crippen molar-refractivity contribution in [1.29, 1.82) is 0 Å². The molecule has 0 unspecified atom stereocenters. The Balaban J connectivity index is 1.37. The van der Waals surface area contributed by atoms with E-state index >= 15 is 0 Å². The zero-order valence-corrected chi connectivity index (χ0v) is 20.1. The summed E-state index contributed by atoms with van der Waals surface area (Å²) in [5.41, 5.74) is 6.01. The highest BCUT2D eigenvalue weighted by atomic mass is 32.1. The van der Waals surface area contributed by atoms with Gasteiger partial charge in [0.1, 0.15) is 5.69 Å². The summed E-state index contributed by atoms with van der Waals surface area (Å²) in [6.45, 7) is 4.28. The molecule has 9 heteroatoms. The Labute approximate surface area is 196 Å². The Hall–Kier alpha value is -2.26. The Bertz CT molecular complexity index is 728. The third kappa shape index (κ3) is 12.0. The maximum Gasteiger partial charge on any atom is 0.333 e. The number of nitrogens with one attached hydrogen (secondary N) is 3. The van der Waals surface area contributed by atoms with Crippen molar-refractivity contribution >= 4 is 22.7 Å². The average Bonchev–Trinajstić information content (AvgIpc) is 3.30. The molecule has 0 spiro atoms. The van der Waals surface area contributed by atoms with Crippen LogP contribution in [-0.4, -0.2) is 40.1 Å². The lowest BCUT2D eigenvalue weighted by atomic mass is 10.1. The van der Waals surface area contributed by atoms with E-state index in [1.54, 1.807) is 6.20 Å². The Morgan fingerprint density at radius 3 is 2.41 bits per heavy atom. The van der Waals surface area contributed by atoms with Gasteiger partial charge in [-0.1, -0.05) is 70.8 Å². The monoisotopic (exact) mass is 462 g/mol. The van der Waals surface area contributed by atoms with Crippen LogP contribution in [0.4, 0.5) is 9.93 Å². The van der Waals surface area contributed by atoms with Gasteiger partial charge in [0.25, 0.3) is 0 Å². The minimum Gasteiger partial charge on any atom is -0.381 e. The number of anilines is 1. The summed E-state index contributed by atoms with van der Waals surface area (Å²) in [4.78, 5) is 20.4. The van der Waals surface area contributed by atoms with Gasteiger partial charge in [0.15, 0.2) is 5.82 Å². The highest BCUT2D eigenvalue weighted by molar-refractivity contribution is 7.09. The number of hydrazine groups is 1. The second-order valence-electron chi connectivity index (χ2n) is 7.79. The molecule has 2 amide bonds. The van der Waals surface area contributed by atoms with Gasteiger partial charge in [-0.25, -0.2) is 10.2 Å². The fraction of sp³-hybridized carbons (Fsp3) is 0.652. The normalized spacial score (nSPS) is 10.8. The molecule has 0 atom stereocenters. The van der Waals surface area contributed by atoms with E-state index < -0.39 is 0 Å². The number of rotatable bonds is 18. The van der Waals surface area contributed by atoms with Gasteiger partial charge in [-0.05, 0) is 25.0 Å². The molecule has 3 N–H and O–H groups in total. The molecule has 0 aliphatic carbocycles. The number of nitrogens with zero attached hydrogens (tertiary/aromatic N) is 3. The Kier molecular flexibility index (Phi) is 14.1. The fourth-order valence-corrected chi connectivity index (χ4v) is 3.73. The molecule has 0 saturated heterocycles. The summed E-state index contributed by atoms with van der Waals surface area (Å²) in [6.07, 6.45) is 15.8. The molecule has 0 bridgehead atoms. The first-order chi connectivity index (χ1) is 15.8. The van der Waals surface area contributed by atoms with Gasteiger partial charge in [0, 0.05) is 37.5 Å². The van der Waals surface area contributed by atoms with E-state index in [-0.39, 0.29) is 6.03 Å². The standard InChI is InChI=1S/C23H38N6O2S/c1-2-3-4-5-6-7-8-9-10-13-18-31-19-14-17-25-22(30)27-28-23-26-21(29-32-23)20-15-11-12-16-24-20/h11-12,15-16H,2-10,13-14,17-19H2,1H3,(H2,25,27,30)(H,26,28,29). The van der Waals surface area contributed by atoms with Gasteiger partial charge >= 0.3 is 6.03 Å². The van der Waals surface area contributed by atoms with Crippen LogP contribution in [0.25, 0.3) is 11.5 Å². The highest BCUT2D eigenvalue weighted by Gasteiger charge is 2.08. The van der Waals surface area contributed by atoms with Crippen molar-refractivity contribution in [2.75, 3.05) is 25.2 Å². The number of pyridine rings is 1. The van der Waals surface area contributed by atoms with E-state index in [9.17, 15) is 4.79 Å². The molecular formula is C23H38N6O2S. The number of aromatic nitrogens is 3. The van der Waals surface area contributed by atoms with Crippen LogP contribution in [0.15, 0.2) is 24.4 Å². The third-order valence-corrected chi connectivity index (χ3v) is 5.63. The molecular weight excluding hydrogens is 424 g/mol. The summed E-state index contributed by atoms with van der Waals surface area (Å²) in [5.74, 6) is 0.528. The molecule has 2 aromatic heterocycles. The van der Waals surface area contributed by atoms with Crippen LogP contribution in [0, 0.1) is 0 Å².